The largest absolute Gasteiger partial charge is 0.493 e. The molecular formula is C22H24O4. The lowest BCUT2D eigenvalue weighted by Crippen LogP contribution is -2.02. The number of fused-ring (bicyclic) bond motifs is 1. The van der Waals surface area contributed by atoms with E-state index in [-0.39, 0.29) is 5.43 Å². The molecule has 0 aliphatic carbocycles. The van der Waals surface area contributed by atoms with Crippen LogP contribution in [0.3, 0.4) is 0 Å². The number of methoxy groups -OCH3 is 1. The molecule has 0 radical (unpaired) electrons. The van der Waals surface area contributed by atoms with Gasteiger partial charge in [0, 0.05) is 11.6 Å². The summed E-state index contributed by atoms with van der Waals surface area (Å²) in [6.07, 6.45) is 2.06. The first kappa shape index (κ1) is 18.1. The van der Waals surface area contributed by atoms with E-state index in [4.69, 9.17) is 13.9 Å². The van der Waals surface area contributed by atoms with Crippen molar-refractivity contribution in [3.8, 4) is 22.8 Å². The molecule has 0 bridgehead atoms. The highest BCUT2D eigenvalue weighted by Gasteiger charge is 2.12. The van der Waals surface area contributed by atoms with Crippen LogP contribution in [0, 0.1) is 13.8 Å². The van der Waals surface area contributed by atoms with Gasteiger partial charge in [-0.3, -0.25) is 4.79 Å². The number of hydrogen-bond acceptors (Lipinski definition) is 4. The number of benzene rings is 2. The van der Waals surface area contributed by atoms with Crippen molar-refractivity contribution in [2.75, 3.05) is 13.7 Å². The van der Waals surface area contributed by atoms with Crippen LogP contribution in [0.5, 0.6) is 11.5 Å². The molecule has 2 aromatic carbocycles. The first-order chi connectivity index (χ1) is 12.5. The molecule has 0 spiro atoms. The molecule has 0 N–H and O–H groups in total. The summed E-state index contributed by atoms with van der Waals surface area (Å²) in [5.41, 5.74) is 3.49. The maximum absolute atomic E-state index is 12.5. The van der Waals surface area contributed by atoms with Gasteiger partial charge >= 0.3 is 0 Å². The van der Waals surface area contributed by atoms with Crippen LogP contribution in [-0.2, 0) is 0 Å². The van der Waals surface area contributed by atoms with Crippen molar-refractivity contribution in [1.82, 2.24) is 0 Å². The van der Waals surface area contributed by atoms with Gasteiger partial charge in [0.1, 0.15) is 11.3 Å². The quantitative estimate of drug-likeness (QED) is 0.568. The van der Waals surface area contributed by atoms with Gasteiger partial charge in [0.05, 0.1) is 19.1 Å². The summed E-state index contributed by atoms with van der Waals surface area (Å²) in [5, 5.41) is 0.600. The van der Waals surface area contributed by atoms with Gasteiger partial charge < -0.3 is 13.9 Å². The predicted octanol–water partition coefficient (Wildman–Crippen LogP) is 5.26. The average molecular weight is 352 g/mol. The van der Waals surface area contributed by atoms with Gasteiger partial charge in [-0.2, -0.15) is 0 Å². The van der Waals surface area contributed by atoms with Crippen LogP contribution in [0.2, 0.25) is 0 Å². The Morgan fingerprint density at radius 3 is 2.50 bits per heavy atom. The summed E-state index contributed by atoms with van der Waals surface area (Å²) in [6, 6.07) is 10.9. The molecule has 0 amide bonds. The van der Waals surface area contributed by atoms with Crippen LogP contribution in [0.4, 0.5) is 0 Å². The lowest BCUT2D eigenvalue weighted by molar-refractivity contribution is 0.288. The molecular weight excluding hydrogens is 328 g/mol. The van der Waals surface area contributed by atoms with Crippen LogP contribution in [0.1, 0.15) is 30.9 Å². The highest BCUT2D eigenvalue weighted by molar-refractivity contribution is 5.80. The number of hydrogen-bond donors (Lipinski definition) is 0. The van der Waals surface area contributed by atoms with Crippen LogP contribution >= 0.6 is 0 Å². The molecule has 0 fully saturated rings. The summed E-state index contributed by atoms with van der Waals surface area (Å²) in [5.74, 6) is 1.84. The summed E-state index contributed by atoms with van der Waals surface area (Å²) >= 11 is 0. The molecule has 3 rings (SSSR count). The zero-order valence-electron chi connectivity index (χ0n) is 15.7. The average Bonchev–Trinajstić information content (AvgIpc) is 2.63. The van der Waals surface area contributed by atoms with Gasteiger partial charge in [-0.15, -0.1) is 0 Å². The van der Waals surface area contributed by atoms with Crippen molar-refractivity contribution in [3.63, 3.8) is 0 Å². The van der Waals surface area contributed by atoms with E-state index in [9.17, 15) is 4.79 Å². The van der Waals surface area contributed by atoms with Gasteiger partial charge in [0.25, 0.3) is 0 Å². The van der Waals surface area contributed by atoms with Crippen molar-refractivity contribution in [1.29, 1.82) is 0 Å². The third kappa shape index (κ3) is 3.59. The number of ether oxygens (including phenoxy) is 2. The molecule has 26 heavy (non-hydrogen) atoms. The van der Waals surface area contributed by atoms with Crippen molar-refractivity contribution >= 4 is 11.0 Å². The second kappa shape index (κ2) is 7.65. The zero-order valence-corrected chi connectivity index (χ0v) is 15.7. The lowest BCUT2D eigenvalue weighted by Gasteiger charge is -2.12. The van der Waals surface area contributed by atoms with Crippen LogP contribution in [0.15, 0.2) is 45.6 Å². The lowest BCUT2D eigenvalue weighted by atomic mass is 10.1. The third-order valence-electron chi connectivity index (χ3n) is 4.55. The van der Waals surface area contributed by atoms with Gasteiger partial charge in [-0.05, 0) is 61.7 Å². The van der Waals surface area contributed by atoms with E-state index in [0.717, 1.165) is 29.5 Å². The first-order valence-electron chi connectivity index (χ1n) is 8.89. The fourth-order valence-corrected chi connectivity index (χ4v) is 2.82. The van der Waals surface area contributed by atoms with E-state index < -0.39 is 0 Å². The normalized spacial score (nSPS) is 10.9. The zero-order chi connectivity index (χ0) is 18.7. The highest BCUT2D eigenvalue weighted by Crippen LogP contribution is 2.33. The van der Waals surface area contributed by atoms with E-state index >= 15 is 0 Å². The van der Waals surface area contributed by atoms with Crippen LogP contribution in [0.25, 0.3) is 22.3 Å². The Balaban J connectivity index is 2.03. The molecule has 0 atom stereocenters. The topological polar surface area (TPSA) is 48.7 Å². The SMILES string of the molecule is CCCCOc1ccc(-c2cc(=O)c3cc(C)c(C)cc3o2)cc1OC. The van der Waals surface area contributed by atoms with Crippen LogP contribution in [-0.4, -0.2) is 13.7 Å². The Morgan fingerprint density at radius 1 is 1.00 bits per heavy atom. The molecule has 0 aliphatic heterocycles. The third-order valence-corrected chi connectivity index (χ3v) is 4.55. The molecule has 1 heterocycles. The Hall–Kier alpha value is -2.75. The number of aryl methyl sites for hydroxylation is 2. The molecule has 0 unspecified atom stereocenters. The first-order valence-corrected chi connectivity index (χ1v) is 8.89. The fraction of sp³-hybridized carbons (Fsp3) is 0.318. The van der Waals surface area contributed by atoms with Gasteiger partial charge in [-0.25, -0.2) is 0 Å². The second-order valence-corrected chi connectivity index (χ2v) is 6.48. The summed E-state index contributed by atoms with van der Waals surface area (Å²) in [4.78, 5) is 12.5. The van der Waals surface area contributed by atoms with Gasteiger partial charge in [-0.1, -0.05) is 13.3 Å². The van der Waals surface area contributed by atoms with Crippen molar-refractivity contribution in [2.24, 2.45) is 0 Å². The highest BCUT2D eigenvalue weighted by atomic mass is 16.5. The molecule has 0 saturated heterocycles. The second-order valence-electron chi connectivity index (χ2n) is 6.48. The van der Waals surface area contributed by atoms with E-state index in [0.29, 0.717) is 34.8 Å². The molecule has 136 valence electrons. The van der Waals surface area contributed by atoms with Crippen LogP contribution < -0.4 is 14.9 Å². The number of rotatable bonds is 6. The molecule has 0 saturated carbocycles. The molecule has 3 aromatic rings. The Kier molecular flexibility index (Phi) is 5.31. The summed E-state index contributed by atoms with van der Waals surface area (Å²) in [6.45, 7) is 6.77. The monoisotopic (exact) mass is 352 g/mol. The maximum atomic E-state index is 12.5. The summed E-state index contributed by atoms with van der Waals surface area (Å²) < 4.78 is 17.2. The Morgan fingerprint density at radius 2 is 1.77 bits per heavy atom. The molecule has 4 nitrogen and oxygen atoms in total. The minimum Gasteiger partial charge on any atom is -0.493 e. The minimum absolute atomic E-state index is 0.0495. The summed E-state index contributed by atoms with van der Waals surface area (Å²) in [7, 11) is 1.61. The minimum atomic E-state index is -0.0495. The fourth-order valence-electron chi connectivity index (χ4n) is 2.82. The van der Waals surface area contributed by atoms with Gasteiger partial charge in [0.2, 0.25) is 0 Å². The Bertz CT molecular complexity index is 985. The Labute approximate surface area is 153 Å². The number of unbranched alkanes of at least 4 members (excludes halogenated alkanes) is 1. The standard InChI is InChI=1S/C22H24O4/c1-5-6-9-25-19-8-7-16(12-22(19)24-4)20-13-18(23)17-10-14(2)15(3)11-21(17)26-20/h7-8,10-13H,5-6,9H2,1-4H3. The predicted molar refractivity (Wildman–Crippen MR) is 104 cm³/mol. The van der Waals surface area contributed by atoms with Crippen molar-refractivity contribution < 1.29 is 13.9 Å². The molecule has 1 aromatic heterocycles. The van der Waals surface area contributed by atoms with Crippen molar-refractivity contribution in [3.05, 3.63) is 57.7 Å². The van der Waals surface area contributed by atoms with E-state index in [1.807, 2.05) is 44.2 Å². The molecule has 0 aliphatic rings. The van der Waals surface area contributed by atoms with E-state index in [1.165, 1.54) is 6.07 Å². The smallest absolute Gasteiger partial charge is 0.193 e. The van der Waals surface area contributed by atoms with E-state index in [2.05, 4.69) is 6.92 Å². The van der Waals surface area contributed by atoms with Crippen molar-refractivity contribution in [2.45, 2.75) is 33.6 Å². The van der Waals surface area contributed by atoms with E-state index in [1.54, 1.807) is 7.11 Å². The van der Waals surface area contributed by atoms with Gasteiger partial charge in [0.15, 0.2) is 16.9 Å². The molecule has 4 heteroatoms. The maximum Gasteiger partial charge on any atom is 0.193 e.